The summed E-state index contributed by atoms with van der Waals surface area (Å²) in [5.41, 5.74) is 3.72. The largest absolute Gasteiger partial charge is 0.371 e. The van der Waals surface area contributed by atoms with Gasteiger partial charge in [-0.25, -0.2) is 18.9 Å². The van der Waals surface area contributed by atoms with Crippen LogP contribution in [-0.4, -0.2) is 73.8 Å². The SMILES string of the molecule is CNc1nc(N[C@@H]2CN(C)C[C@@H]2F)nn2ccc(-c3ccc4nccnc4n3)c12. The monoisotopic (exact) mass is 393 g/mol. The van der Waals surface area contributed by atoms with Crippen molar-refractivity contribution in [3.05, 3.63) is 36.8 Å². The molecule has 1 fully saturated rings. The molecule has 0 unspecified atom stereocenters. The lowest BCUT2D eigenvalue weighted by Crippen LogP contribution is -2.30. The Labute approximate surface area is 166 Å². The van der Waals surface area contributed by atoms with Gasteiger partial charge < -0.3 is 15.5 Å². The number of likely N-dealkylation sites (N-methyl/N-ethyl adjacent to an activating group) is 1. The lowest BCUT2D eigenvalue weighted by Gasteiger charge is -2.15. The van der Waals surface area contributed by atoms with E-state index in [4.69, 9.17) is 0 Å². The van der Waals surface area contributed by atoms with Gasteiger partial charge in [0, 0.05) is 44.3 Å². The Balaban J connectivity index is 1.56. The number of anilines is 2. The summed E-state index contributed by atoms with van der Waals surface area (Å²) in [5.74, 6) is 1.01. The molecule has 4 aromatic heterocycles. The Bertz CT molecular complexity index is 1190. The van der Waals surface area contributed by atoms with Crippen LogP contribution in [0.2, 0.25) is 0 Å². The highest BCUT2D eigenvalue weighted by molar-refractivity contribution is 5.89. The van der Waals surface area contributed by atoms with Crippen molar-refractivity contribution in [1.29, 1.82) is 0 Å². The van der Waals surface area contributed by atoms with Gasteiger partial charge in [-0.1, -0.05) is 0 Å². The molecule has 4 aromatic rings. The van der Waals surface area contributed by atoms with Gasteiger partial charge in [-0.15, -0.1) is 5.10 Å². The zero-order valence-electron chi connectivity index (χ0n) is 16.0. The number of likely N-dealkylation sites (tertiary alicyclic amines) is 1. The van der Waals surface area contributed by atoms with Gasteiger partial charge in [0.25, 0.3) is 0 Å². The van der Waals surface area contributed by atoms with E-state index < -0.39 is 6.17 Å². The van der Waals surface area contributed by atoms with E-state index >= 15 is 0 Å². The van der Waals surface area contributed by atoms with Crippen molar-refractivity contribution in [3.8, 4) is 11.3 Å². The molecule has 0 amide bonds. The molecule has 0 aliphatic carbocycles. The van der Waals surface area contributed by atoms with E-state index in [1.165, 1.54) is 0 Å². The maximum absolute atomic E-state index is 14.2. The molecular formula is C19H20FN9. The number of halogens is 1. The molecule has 9 nitrogen and oxygen atoms in total. The third-order valence-corrected chi connectivity index (χ3v) is 5.10. The molecule has 1 aliphatic rings. The first-order chi connectivity index (χ1) is 14.1. The Morgan fingerprint density at radius 3 is 2.76 bits per heavy atom. The molecule has 1 aliphatic heterocycles. The average Bonchev–Trinajstić information content (AvgIpc) is 3.29. The zero-order chi connectivity index (χ0) is 20.0. The van der Waals surface area contributed by atoms with Crippen molar-refractivity contribution in [2.24, 2.45) is 0 Å². The maximum Gasteiger partial charge on any atom is 0.243 e. The highest BCUT2D eigenvalue weighted by Crippen LogP contribution is 2.30. The second-order valence-electron chi connectivity index (χ2n) is 7.14. The Morgan fingerprint density at radius 1 is 1.10 bits per heavy atom. The highest BCUT2D eigenvalue weighted by Gasteiger charge is 2.31. The summed E-state index contributed by atoms with van der Waals surface area (Å²) >= 11 is 0. The molecule has 5 rings (SSSR count). The van der Waals surface area contributed by atoms with E-state index in [0.29, 0.717) is 30.5 Å². The zero-order valence-corrected chi connectivity index (χ0v) is 16.0. The van der Waals surface area contributed by atoms with Crippen molar-refractivity contribution in [1.82, 2.24) is 34.4 Å². The van der Waals surface area contributed by atoms with Crippen LogP contribution >= 0.6 is 0 Å². The summed E-state index contributed by atoms with van der Waals surface area (Å²) in [6.45, 7) is 1.01. The molecule has 2 N–H and O–H groups in total. The van der Waals surface area contributed by atoms with Crippen molar-refractivity contribution in [2.75, 3.05) is 37.8 Å². The minimum Gasteiger partial charge on any atom is -0.371 e. The number of hydrogen-bond donors (Lipinski definition) is 2. The fraction of sp³-hybridized carbons (Fsp3) is 0.316. The molecule has 0 saturated carbocycles. The Morgan fingerprint density at radius 2 is 1.97 bits per heavy atom. The summed E-state index contributed by atoms with van der Waals surface area (Å²) in [7, 11) is 3.69. The predicted molar refractivity (Wildman–Crippen MR) is 109 cm³/mol. The summed E-state index contributed by atoms with van der Waals surface area (Å²) in [6.07, 6.45) is 4.15. The normalized spacial score (nSPS) is 19.8. The van der Waals surface area contributed by atoms with Crippen LogP contribution in [0, 0.1) is 0 Å². The molecule has 10 heteroatoms. The molecule has 0 aromatic carbocycles. The summed E-state index contributed by atoms with van der Waals surface area (Å²) in [6, 6.07) is 5.39. The second kappa shape index (κ2) is 6.89. The first-order valence-corrected chi connectivity index (χ1v) is 9.37. The highest BCUT2D eigenvalue weighted by atomic mass is 19.1. The van der Waals surface area contributed by atoms with Gasteiger partial charge in [0.2, 0.25) is 5.95 Å². The Kier molecular flexibility index (Phi) is 4.20. The summed E-state index contributed by atoms with van der Waals surface area (Å²) in [5, 5.41) is 10.8. The number of nitrogens with one attached hydrogen (secondary N) is 2. The lowest BCUT2D eigenvalue weighted by molar-refractivity contribution is 0.314. The average molecular weight is 393 g/mol. The van der Waals surface area contributed by atoms with Crippen LogP contribution in [-0.2, 0) is 0 Å². The van der Waals surface area contributed by atoms with Gasteiger partial charge in [0.15, 0.2) is 11.5 Å². The molecule has 5 heterocycles. The van der Waals surface area contributed by atoms with Crippen molar-refractivity contribution in [3.63, 3.8) is 0 Å². The quantitative estimate of drug-likeness (QED) is 0.542. The van der Waals surface area contributed by atoms with E-state index in [0.717, 1.165) is 22.3 Å². The molecule has 0 spiro atoms. The van der Waals surface area contributed by atoms with Crippen LogP contribution in [0.4, 0.5) is 16.2 Å². The minimum atomic E-state index is -0.958. The van der Waals surface area contributed by atoms with Crippen LogP contribution in [0.5, 0.6) is 0 Å². The molecule has 148 valence electrons. The Hall–Kier alpha value is -3.40. The lowest BCUT2D eigenvalue weighted by atomic mass is 10.2. The number of aromatic nitrogens is 6. The van der Waals surface area contributed by atoms with Gasteiger partial charge in [-0.3, -0.25) is 4.98 Å². The van der Waals surface area contributed by atoms with E-state index in [9.17, 15) is 4.39 Å². The third kappa shape index (κ3) is 3.11. The molecule has 29 heavy (non-hydrogen) atoms. The van der Waals surface area contributed by atoms with Gasteiger partial charge in [-0.05, 0) is 25.2 Å². The van der Waals surface area contributed by atoms with Gasteiger partial charge >= 0.3 is 0 Å². The van der Waals surface area contributed by atoms with E-state index in [1.807, 2.05) is 36.3 Å². The summed E-state index contributed by atoms with van der Waals surface area (Å²) in [4.78, 5) is 19.7. The number of pyridine rings is 1. The first kappa shape index (κ1) is 17.7. The second-order valence-corrected chi connectivity index (χ2v) is 7.14. The number of fused-ring (bicyclic) bond motifs is 2. The number of nitrogens with zero attached hydrogens (tertiary/aromatic N) is 7. The molecule has 0 bridgehead atoms. The van der Waals surface area contributed by atoms with Crippen LogP contribution in [0.25, 0.3) is 27.9 Å². The van der Waals surface area contributed by atoms with E-state index in [-0.39, 0.29) is 6.04 Å². The standard InChI is InChI=1S/C19H20FN9/c1-21-18-16-11(13-3-4-14-17(24-13)23-7-6-22-14)5-8-29(16)27-19(26-18)25-15-10-28(2)9-12(15)20/h3-8,12,15H,9-10H2,1-2H3,(H2,21,25,26,27)/t12-,15+/m0/s1. The van der Waals surface area contributed by atoms with Crippen LogP contribution in [0.15, 0.2) is 36.8 Å². The fourth-order valence-electron chi connectivity index (χ4n) is 3.72. The minimum absolute atomic E-state index is 0.335. The molecule has 2 atom stereocenters. The fourth-order valence-corrected chi connectivity index (χ4v) is 3.72. The van der Waals surface area contributed by atoms with Crippen LogP contribution < -0.4 is 10.6 Å². The van der Waals surface area contributed by atoms with Crippen LogP contribution in [0.1, 0.15) is 0 Å². The molecule has 0 radical (unpaired) electrons. The van der Waals surface area contributed by atoms with E-state index in [2.05, 4.69) is 35.7 Å². The van der Waals surface area contributed by atoms with Gasteiger partial charge in [-0.2, -0.15) is 4.98 Å². The van der Waals surface area contributed by atoms with Gasteiger partial charge in [0.1, 0.15) is 17.2 Å². The first-order valence-electron chi connectivity index (χ1n) is 9.37. The number of alkyl halides is 1. The topological polar surface area (TPSA) is 96.2 Å². The van der Waals surface area contributed by atoms with E-state index in [1.54, 1.807) is 24.0 Å². The van der Waals surface area contributed by atoms with Crippen molar-refractivity contribution < 1.29 is 4.39 Å². The van der Waals surface area contributed by atoms with Crippen molar-refractivity contribution in [2.45, 2.75) is 12.2 Å². The maximum atomic E-state index is 14.2. The smallest absolute Gasteiger partial charge is 0.243 e. The molecular weight excluding hydrogens is 373 g/mol. The number of rotatable bonds is 4. The predicted octanol–water partition coefficient (Wildman–Crippen LogP) is 1.84. The van der Waals surface area contributed by atoms with Gasteiger partial charge in [0.05, 0.1) is 11.7 Å². The number of hydrogen-bond acceptors (Lipinski definition) is 8. The molecule has 1 saturated heterocycles. The van der Waals surface area contributed by atoms with Crippen molar-refractivity contribution >= 4 is 28.4 Å². The summed E-state index contributed by atoms with van der Waals surface area (Å²) < 4.78 is 15.9. The van der Waals surface area contributed by atoms with Crippen LogP contribution in [0.3, 0.4) is 0 Å². The third-order valence-electron chi connectivity index (χ3n) is 5.10.